The van der Waals surface area contributed by atoms with Crippen LogP contribution in [0.3, 0.4) is 0 Å². The quantitative estimate of drug-likeness (QED) is 0.547. The molecule has 12 heavy (non-hydrogen) atoms. The molecule has 1 atom stereocenters. The summed E-state index contributed by atoms with van der Waals surface area (Å²) in [6.07, 6.45) is 12.1. The molecule has 68 valence electrons. The molecule has 0 fully saturated rings. The van der Waals surface area contributed by atoms with E-state index < -0.39 is 0 Å². The van der Waals surface area contributed by atoms with E-state index in [4.69, 9.17) is 0 Å². The molecule has 0 radical (unpaired) electrons. The topological polar surface area (TPSA) is 0 Å². The third-order valence-corrected chi connectivity index (χ3v) is 1.75. The predicted molar refractivity (Wildman–Crippen MR) is 57.2 cm³/mol. The highest BCUT2D eigenvalue weighted by Gasteiger charge is 1.93. The first-order chi connectivity index (χ1) is 5.83. The lowest BCUT2D eigenvalue weighted by atomic mass is 10.1. The van der Waals surface area contributed by atoms with E-state index in [9.17, 15) is 0 Å². The van der Waals surface area contributed by atoms with Crippen LogP contribution in [-0.2, 0) is 0 Å². The predicted octanol–water partition coefficient (Wildman–Crippen LogP) is 4.11. The molecule has 0 aromatic heterocycles. The van der Waals surface area contributed by atoms with Gasteiger partial charge in [0, 0.05) is 0 Å². The molecule has 0 heteroatoms. The molecule has 0 saturated heterocycles. The zero-order valence-corrected chi connectivity index (χ0v) is 8.67. The Hall–Kier alpha value is -0.780. The smallest absolute Gasteiger partial charge is 0.00755 e. The Morgan fingerprint density at radius 2 is 1.92 bits per heavy atom. The van der Waals surface area contributed by atoms with E-state index in [0.717, 1.165) is 6.42 Å². The molecule has 0 heterocycles. The van der Waals surface area contributed by atoms with Gasteiger partial charge in [-0.2, -0.15) is 0 Å². The van der Waals surface area contributed by atoms with Gasteiger partial charge < -0.3 is 0 Å². The standard InChI is InChI=1S/C10H14.C2H6/c1-3-10-6-4-5-9(2)7-8-10;1-2/h4-9H,3H2,1-2H3;1-2H3. The minimum absolute atomic E-state index is 0.597. The van der Waals surface area contributed by atoms with Gasteiger partial charge in [0.25, 0.3) is 0 Å². The zero-order chi connectivity index (χ0) is 9.40. The monoisotopic (exact) mass is 164 g/mol. The van der Waals surface area contributed by atoms with Crippen molar-refractivity contribution in [2.75, 3.05) is 0 Å². The van der Waals surface area contributed by atoms with Crippen molar-refractivity contribution in [3.05, 3.63) is 36.0 Å². The highest BCUT2D eigenvalue weighted by atomic mass is 14.0. The molecule has 0 saturated carbocycles. The SMILES string of the molecule is CC.CCC1=CC=CC(C)C=C1. The Morgan fingerprint density at radius 1 is 1.25 bits per heavy atom. The third kappa shape index (κ3) is 4.17. The normalized spacial score (nSPS) is 20.7. The summed E-state index contributed by atoms with van der Waals surface area (Å²) in [7, 11) is 0. The van der Waals surface area contributed by atoms with Crippen LogP contribution in [0.5, 0.6) is 0 Å². The van der Waals surface area contributed by atoms with Crippen molar-refractivity contribution in [1.29, 1.82) is 0 Å². The average Bonchev–Trinajstić information content (AvgIpc) is 2.33. The number of rotatable bonds is 1. The molecule has 0 bridgehead atoms. The Bertz CT molecular complexity index is 182. The summed E-state index contributed by atoms with van der Waals surface area (Å²) in [6, 6.07) is 0. The maximum absolute atomic E-state index is 2.23. The largest absolute Gasteiger partial charge is 0.0779 e. The van der Waals surface area contributed by atoms with Crippen LogP contribution in [0.15, 0.2) is 36.0 Å². The van der Waals surface area contributed by atoms with Crippen molar-refractivity contribution in [3.63, 3.8) is 0 Å². The molecule has 0 aromatic rings. The van der Waals surface area contributed by atoms with Gasteiger partial charge in [0.05, 0.1) is 0 Å². The van der Waals surface area contributed by atoms with Gasteiger partial charge in [-0.15, -0.1) is 0 Å². The van der Waals surface area contributed by atoms with Crippen LogP contribution in [0, 0.1) is 5.92 Å². The van der Waals surface area contributed by atoms with Gasteiger partial charge in [-0.1, -0.05) is 58.1 Å². The second-order valence-corrected chi connectivity index (χ2v) is 2.70. The van der Waals surface area contributed by atoms with Crippen LogP contribution >= 0.6 is 0 Å². The number of allylic oxidation sites excluding steroid dienone is 6. The van der Waals surface area contributed by atoms with Gasteiger partial charge >= 0.3 is 0 Å². The van der Waals surface area contributed by atoms with Crippen molar-refractivity contribution in [1.82, 2.24) is 0 Å². The second-order valence-electron chi connectivity index (χ2n) is 2.70. The average molecular weight is 164 g/mol. The minimum Gasteiger partial charge on any atom is -0.0779 e. The highest BCUT2D eigenvalue weighted by molar-refractivity contribution is 5.27. The lowest BCUT2D eigenvalue weighted by Crippen LogP contribution is -1.78. The van der Waals surface area contributed by atoms with Crippen molar-refractivity contribution in [2.24, 2.45) is 5.92 Å². The van der Waals surface area contributed by atoms with Crippen LogP contribution in [-0.4, -0.2) is 0 Å². The summed E-state index contributed by atoms with van der Waals surface area (Å²) in [4.78, 5) is 0. The van der Waals surface area contributed by atoms with E-state index in [0.29, 0.717) is 5.92 Å². The van der Waals surface area contributed by atoms with Gasteiger partial charge in [0.15, 0.2) is 0 Å². The van der Waals surface area contributed by atoms with Crippen LogP contribution in [0.1, 0.15) is 34.1 Å². The van der Waals surface area contributed by atoms with Gasteiger partial charge in [-0.25, -0.2) is 0 Å². The minimum atomic E-state index is 0.597. The lowest BCUT2D eigenvalue weighted by Gasteiger charge is -1.93. The third-order valence-electron chi connectivity index (χ3n) is 1.75. The van der Waals surface area contributed by atoms with E-state index >= 15 is 0 Å². The Kier molecular flexibility index (Phi) is 6.45. The molecular weight excluding hydrogens is 144 g/mol. The summed E-state index contributed by atoms with van der Waals surface area (Å²) >= 11 is 0. The second kappa shape index (κ2) is 6.90. The summed E-state index contributed by atoms with van der Waals surface area (Å²) < 4.78 is 0. The van der Waals surface area contributed by atoms with Gasteiger partial charge in [-0.05, 0) is 17.9 Å². The highest BCUT2D eigenvalue weighted by Crippen LogP contribution is 2.11. The Labute approximate surface area is 76.7 Å². The van der Waals surface area contributed by atoms with E-state index in [2.05, 4.69) is 44.2 Å². The van der Waals surface area contributed by atoms with Crippen LogP contribution < -0.4 is 0 Å². The molecule has 0 aromatic carbocycles. The first-order valence-corrected chi connectivity index (χ1v) is 4.88. The van der Waals surface area contributed by atoms with E-state index in [1.807, 2.05) is 13.8 Å². The molecule has 0 N–H and O–H groups in total. The molecular formula is C12H20. The van der Waals surface area contributed by atoms with E-state index in [1.165, 1.54) is 5.57 Å². The number of hydrogen-bond donors (Lipinski definition) is 0. The Morgan fingerprint density at radius 3 is 2.50 bits per heavy atom. The molecule has 0 aliphatic heterocycles. The van der Waals surface area contributed by atoms with Crippen LogP contribution in [0.2, 0.25) is 0 Å². The molecule has 1 unspecified atom stereocenters. The summed E-state index contributed by atoms with van der Waals surface area (Å²) in [5, 5.41) is 0. The van der Waals surface area contributed by atoms with Crippen molar-refractivity contribution in [2.45, 2.75) is 34.1 Å². The van der Waals surface area contributed by atoms with Crippen molar-refractivity contribution < 1.29 is 0 Å². The van der Waals surface area contributed by atoms with Crippen LogP contribution in [0.25, 0.3) is 0 Å². The summed E-state index contributed by atoms with van der Waals surface area (Å²) in [5.41, 5.74) is 1.42. The van der Waals surface area contributed by atoms with Gasteiger partial charge in [0.2, 0.25) is 0 Å². The maximum atomic E-state index is 2.23. The first-order valence-electron chi connectivity index (χ1n) is 4.88. The molecule has 1 rings (SSSR count). The fourth-order valence-electron chi connectivity index (χ4n) is 0.985. The van der Waals surface area contributed by atoms with Crippen molar-refractivity contribution >= 4 is 0 Å². The summed E-state index contributed by atoms with van der Waals surface area (Å²) in [5.74, 6) is 0.597. The molecule has 0 nitrogen and oxygen atoms in total. The zero-order valence-electron chi connectivity index (χ0n) is 8.67. The molecule has 0 spiro atoms. The first kappa shape index (κ1) is 11.2. The van der Waals surface area contributed by atoms with Crippen molar-refractivity contribution in [3.8, 4) is 0 Å². The molecule has 1 aliphatic rings. The maximum Gasteiger partial charge on any atom is -0.00755 e. The fraction of sp³-hybridized carbons (Fsp3) is 0.500. The van der Waals surface area contributed by atoms with Gasteiger partial charge in [0.1, 0.15) is 0 Å². The van der Waals surface area contributed by atoms with Crippen LogP contribution in [0.4, 0.5) is 0 Å². The Balaban J connectivity index is 0.000000561. The molecule has 1 aliphatic carbocycles. The van der Waals surface area contributed by atoms with E-state index in [-0.39, 0.29) is 0 Å². The summed E-state index contributed by atoms with van der Waals surface area (Å²) in [6.45, 7) is 8.37. The lowest BCUT2D eigenvalue weighted by molar-refractivity contribution is 0.940. The molecule has 0 amide bonds. The number of hydrogen-bond acceptors (Lipinski definition) is 0. The van der Waals surface area contributed by atoms with E-state index in [1.54, 1.807) is 0 Å². The fourth-order valence-corrected chi connectivity index (χ4v) is 0.985. The van der Waals surface area contributed by atoms with Gasteiger partial charge in [-0.3, -0.25) is 0 Å².